The van der Waals surface area contributed by atoms with E-state index in [1.807, 2.05) is 0 Å². The van der Waals surface area contributed by atoms with Crippen LogP contribution in [-0.2, 0) is 16.6 Å². The summed E-state index contributed by atoms with van der Waals surface area (Å²) in [6.07, 6.45) is 1.51. The summed E-state index contributed by atoms with van der Waals surface area (Å²) in [5.74, 6) is -0.259. The third kappa shape index (κ3) is 3.90. The summed E-state index contributed by atoms with van der Waals surface area (Å²) >= 11 is 5.79. The zero-order chi connectivity index (χ0) is 20.3. The Morgan fingerprint density at radius 3 is 2.46 bits per heavy atom. The minimum atomic E-state index is -4.28. The molecule has 3 aromatic rings. The maximum Gasteiger partial charge on any atom is 0.289 e. The standard InChI is InChI=1S/C18H14ClN3O5S/c19-15-9-8-14(11-17(15)22(24)25)28(26,27)21(12-13-5-3-4-10-20-13)16-6-1-2-7-18(16)23/h1-11,23H,12H2. The Morgan fingerprint density at radius 1 is 1.11 bits per heavy atom. The van der Waals surface area contributed by atoms with E-state index in [0.717, 1.165) is 16.4 Å². The molecule has 28 heavy (non-hydrogen) atoms. The van der Waals surface area contributed by atoms with Crippen LogP contribution in [-0.4, -0.2) is 23.4 Å². The molecule has 0 bridgehead atoms. The average Bonchev–Trinajstić information content (AvgIpc) is 2.67. The number of benzene rings is 2. The van der Waals surface area contributed by atoms with Crippen LogP contribution < -0.4 is 4.31 Å². The summed E-state index contributed by atoms with van der Waals surface area (Å²) in [5.41, 5.74) is -0.0821. The van der Waals surface area contributed by atoms with Crippen molar-refractivity contribution in [3.63, 3.8) is 0 Å². The molecule has 0 aliphatic rings. The van der Waals surface area contributed by atoms with Crippen LogP contribution in [0.25, 0.3) is 0 Å². The number of hydrogen-bond donors (Lipinski definition) is 1. The second-order valence-corrected chi connectivity index (χ2v) is 7.96. The predicted molar refractivity (Wildman–Crippen MR) is 104 cm³/mol. The van der Waals surface area contributed by atoms with Gasteiger partial charge in [0, 0.05) is 12.3 Å². The number of halogens is 1. The van der Waals surface area contributed by atoms with Gasteiger partial charge in [0.1, 0.15) is 10.8 Å². The van der Waals surface area contributed by atoms with Gasteiger partial charge >= 0.3 is 0 Å². The maximum absolute atomic E-state index is 13.3. The molecule has 0 amide bonds. The van der Waals surface area contributed by atoms with E-state index in [9.17, 15) is 23.6 Å². The van der Waals surface area contributed by atoms with Gasteiger partial charge in [-0.2, -0.15) is 0 Å². The Labute approximate surface area is 165 Å². The number of nitrogens with zero attached hydrogens (tertiary/aromatic N) is 3. The molecule has 0 aliphatic carbocycles. The third-order valence-corrected chi connectivity index (χ3v) is 5.96. The van der Waals surface area contributed by atoms with Gasteiger partial charge in [-0.3, -0.25) is 19.4 Å². The van der Waals surface area contributed by atoms with Crippen LogP contribution in [0.2, 0.25) is 5.02 Å². The van der Waals surface area contributed by atoms with E-state index in [2.05, 4.69) is 4.98 Å². The first-order valence-corrected chi connectivity index (χ1v) is 9.77. The first-order chi connectivity index (χ1) is 13.3. The van der Waals surface area contributed by atoms with E-state index < -0.39 is 20.6 Å². The molecule has 0 saturated carbocycles. The largest absolute Gasteiger partial charge is 0.506 e. The summed E-state index contributed by atoms with van der Waals surface area (Å²) in [4.78, 5) is 14.2. The highest BCUT2D eigenvalue weighted by Crippen LogP contribution is 2.34. The SMILES string of the molecule is O=[N+]([O-])c1cc(S(=O)(=O)N(Cc2ccccn2)c2ccccc2O)ccc1Cl. The second kappa shape index (κ2) is 7.83. The van der Waals surface area contributed by atoms with Gasteiger partial charge in [-0.15, -0.1) is 0 Å². The van der Waals surface area contributed by atoms with Gasteiger partial charge in [-0.25, -0.2) is 8.42 Å². The highest BCUT2D eigenvalue weighted by Gasteiger charge is 2.29. The Bertz CT molecular complexity index is 1120. The lowest BCUT2D eigenvalue weighted by Gasteiger charge is -2.25. The van der Waals surface area contributed by atoms with Crippen molar-refractivity contribution in [3.05, 3.63) is 87.7 Å². The van der Waals surface area contributed by atoms with Crippen molar-refractivity contribution in [1.29, 1.82) is 0 Å². The van der Waals surface area contributed by atoms with Crippen LogP contribution in [0.3, 0.4) is 0 Å². The number of pyridine rings is 1. The Balaban J connectivity index is 2.15. The Hall–Kier alpha value is -3.17. The minimum Gasteiger partial charge on any atom is -0.506 e. The summed E-state index contributed by atoms with van der Waals surface area (Å²) in [7, 11) is -4.28. The molecule has 2 aromatic carbocycles. The minimum absolute atomic E-state index is 0.0192. The average molecular weight is 420 g/mol. The van der Waals surface area contributed by atoms with Crippen molar-refractivity contribution in [2.24, 2.45) is 0 Å². The fourth-order valence-corrected chi connectivity index (χ4v) is 4.19. The number of sulfonamides is 1. The molecule has 3 rings (SSSR count). The van der Waals surface area contributed by atoms with E-state index in [-0.39, 0.29) is 27.9 Å². The monoisotopic (exact) mass is 419 g/mol. The van der Waals surface area contributed by atoms with Crippen molar-refractivity contribution < 1.29 is 18.4 Å². The normalized spacial score (nSPS) is 11.2. The zero-order valence-corrected chi connectivity index (χ0v) is 15.8. The van der Waals surface area contributed by atoms with Crippen molar-refractivity contribution in [2.75, 3.05) is 4.31 Å². The third-order valence-electron chi connectivity index (χ3n) is 3.88. The van der Waals surface area contributed by atoms with Crippen molar-refractivity contribution >= 4 is 33.0 Å². The number of rotatable bonds is 6. The van der Waals surface area contributed by atoms with Crippen LogP contribution in [0.4, 0.5) is 11.4 Å². The molecule has 1 N–H and O–H groups in total. The maximum atomic E-state index is 13.3. The second-order valence-electron chi connectivity index (χ2n) is 5.69. The van der Waals surface area contributed by atoms with Crippen LogP contribution >= 0.6 is 11.6 Å². The Morgan fingerprint density at radius 2 is 1.82 bits per heavy atom. The molecule has 0 fully saturated rings. The number of phenols is 1. The number of nitro benzene ring substituents is 1. The summed E-state index contributed by atoms with van der Waals surface area (Å²) in [5, 5.41) is 21.2. The summed E-state index contributed by atoms with van der Waals surface area (Å²) < 4.78 is 27.5. The first-order valence-electron chi connectivity index (χ1n) is 7.95. The number of hydrogen-bond acceptors (Lipinski definition) is 6. The van der Waals surface area contributed by atoms with Crippen LogP contribution in [0.15, 0.2) is 71.8 Å². The highest BCUT2D eigenvalue weighted by molar-refractivity contribution is 7.92. The van der Waals surface area contributed by atoms with Gasteiger partial charge in [-0.05, 0) is 36.4 Å². The number of anilines is 1. The van der Waals surface area contributed by atoms with E-state index in [1.165, 1.54) is 24.4 Å². The summed E-state index contributed by atoms with van der Waals surface area (Å²) in [6, 6.07) is 14.1. The van der Waals surface area contributed by atoms with Gasteiger partial charge in [0.2, 0.25) is 0 Å². The molecular formula is C18H14ClN3O5S. The van der Waals surface area contributed by atoms with Gasteiger partial charge in [0.05, 0.1) is 27.7 Å². The van der Waals surface area contributed by atoms with Crippen LogP contribution in [0.1, 0.15) is 5.69 Å². The molecule has 0 radical (unpaired) electrons. The van der Waals surface area contributed by atoms with Crippen LogP contribution in [0.5, 0.6) is 5.75 Å². The van der Waals surface area contributed by atoms with Gasteiger partial charge in [-0.1, -0.05) is 29.8 Å². The van der Waals surface area contributed by atoms with E-state index in [0.29, 0.717) is 5.69 Å². The molecule has 0 atom stereocenters. The number of aromatic hydroxyl groups is 1. The lowest BCUT2D eigenvalue weighted by Crippen LogP contribution is -2.31. The molecule has 1 heterocycles. The van der Waals surface area contributed by atoms with E-state index >= 15 is 0 Å². The molecular weight excluding hydrogens is 406 g/mol. The number of phenolic OH excluding ortho intramolecular Hbond substituents is 1. The molecule has 0 unspecified atom stereocenters. The molecule has 8 nitrogen and oxygen atoms in total. The number of aromatic nitrogens is 1. The molecule has 0 aliphatic heterocycles. The number of nitro groups is 1. The van der Waals surface area contributed by atoms with Crippen molar-refractivity contribution in [1.82, 2.24) is 4.98 Å². The molecule has 144 valence electrons. The lowest BCUT2D eigenvalue weighted by molar-refractivity contribution is -0.384. The van der Waals surface area contributed by atoms with E-state index in [4.69, 9.17) is 11.6 Å². The fourth-order valence-electron chi connectivity index (χ4n) is 2.53. The highest BCUT2D eigenvalue weighted by atomic mass is 35.5. The molecule has 0 spiro atoms. The topological polar surface area (TPSA) is 114 Å². The van der Waals surface area contributed by atoms with Crippen molar-refractivity contribution in [3.8, 4) is 5.75 Å². The smallest absolute Gasteiger partial charge is 0.289 e. The van der Waals surface area contributed by atoms with Gasteiger partial charge in [0.15, 0.2) is 0 Å². The Kier molecular flexibility index (Phi) is 5.48. The molecule has 1 aromatic heterocycles. The van der Waals surface area contributed by atoms with Crippen molar-refractivity contribution in [2.45, 2.75) is 11.4 Å². The first kappa shape index (κ1) is 19.6. The fraction of sp³-hybridized carbons (Fsp3) is 0.0556. The van der Waals surface area contributed by atoms with E-state index in [1.54, 1.807) is 30.3 Å². The predicted octanol–water partition coefficient (Wildman–Crippen LogP) is 3.74. The zero-order valence-electron chi connectivity index (χ0n) is 14.3. The van der Waals surface area contributed by atoms with Crippen LogP contribution in [0, 0.1) is 10.1 Å². The lowest BCUT2D eigenvalue weighted by atomic mass is 10.3. The van der Waals surface area contributed by atoms with Gasteiger partial charge in [0.25, 0.3) is 15.7 Å². The van der Waals surface area contributed by atoms with Gasteiger partial charge < -0.3 is 5.11 Å². The molecule has 0 saturated heterocycles. The quantitative estimate of drug-likeness (QED) is 0.480. The summed E-state index contributed by atoms with van der Waals surface area (Å²) in [6.45, 7) is -0.183. The number of para-hydroxylation sites is 2. The molecule has 10 heteroatoms.